The number of amides is 1. The fourth-order valence-corrected chi connectivity index (χ4v) is 2.41. The standard InChI is InChI=1S/C12H15N3O3S/c1-2-14-12(16)7-8-15-19(17,18)11-5-3-10(9-13)4-6-11/h3-6,15H,2,7-8H2,1H3,(H,14,16). The number of nitriles is 1. The summed E-state index contributed by atoms with van der Waals surface area (Å²) in [6, 6.07) is 7.48. The molecule has 0 atom stereocenters. The van der Waals surface area contributed by atoms with E-state index in [1.165, 1.54) is 24.3 Å². The Morgan fingerprint density at radius 3 is 2.47 bits per heavy atom. The number of hydrogen-bond donors (Lipinski definition) is 2. The summed E-state index contributed by atoms with van der Waals surface area (Å²) in [5.74, 6) is -0.204. The molecule has 0 saturated carbocycles. The molecule has 0 heterocycles. The quantitative estimate of drug-likeness (QED) is 0.786. The molecule has 1 rings (SSSR count). The normalized spacial score (nSPS) is 10.7. The fourth-order valence-electron chi connectivity index (χ4n) is 1.38. The van der Waals surface area contributed by atoms with Crippen LogP contribution in [0, 0.1) is 11.3 Å². The van der Waals surface area contributed by atoms with Crippen molar-refractivity contribution in [2.24, 2.45) is 0 Å². The Kier molecular flexibility index (Phi) is 5.48. The molecule has 102 valence electrons. The molecule has 0 saturated heterocycles. The van der Waals surface area contributed by atoms with E-state index in [-0.39, 0.29) is 23.8 Å². The number of hydrogen-bond acceptors (Lipinski definition) is 4. The first-order valence-corrected chi connectivity index (χ1v) is 7.24. The summed E-state index contributed by atoms with van der Waals surface area (Å²) in [6.45, 7) is 2.34. The molecule has 0 aliphatic heterocycles. The van der Waals surface area contributed by atoms with Gasteiger partial charge in [0.25, 0.3) is 0 Å². The van der Waals surface area contributed by atoms with Gasteiger partial charge in [-0.15, -0.1) is 0 Å². The molecule has 1 amide bonds. The average Bonchev–Trinajstić information content (AvgIpc) is 2.39. The van der Waals surface area contributed by atoms with Crippen LogP contribution in [0.2, 0.25) is 0 Å². The lowest BCUT2D eigenvalue weighted by atomic mass is 10.2. The number of nitrogens with zero attached hydrogens (tertiary/aromatic N) is 1. The molecular weight excluding hydrogens is 266 g/mol. The highest BCUT2D eigenvalue weighted by Crippen LogP contribution is 2.09. The first-order valence-electron chi connectivity index (χ1n) is 5.76. The lowest BCUT2D eigenvalue weighted by molar-refractivity contribution is -0.120. The van der Waals surface area contributed by atoms with E-state index in [1.54, 1.807) is 6.92 Å². The molecule has 1 aromatic rings. The predicted molar refractivity (Wildman–Crippen MR) is 69.6 cm³/mol. The van der Waals surface area contributed by atoms with Gasteiger partial charge in [-0.1, -0.05) is 0 Å². The Bertz CT molecular complexity index is 573. The highest BCUT2D eigenvalue weighted by molar-refractivity contribution is 7.89. The minimum absolute atomic E-state index is 0.0359. The summed E-state index contributed by atoms with van der Waals surface area (Å²) in [6.07, 6.45) is 0.0867. The third-order valence-corrected chi connectivity index (χ3v) is 3.79. The molecule has 0 fully saturated rings. The Labute approximate surface area is 112 Å². The van der Waals surface area contributed by atoms with Crippen molar-refractivity contribution < 1.29 is 13.2 Å². The molecule has 0 unspecified atom stereocenters. The maximum absolute atomic E-state index is 11.8. The third kappa shape index (κ3) is 4.69. The molecule has 7 heteroatoms. The van der Waals surface area contributed by atoms with Crippen molar-refractivity contribution in [3.05, 3.63) is 29.8 Å². The summed E-state index contributed by atoms with van der Waals surface area (Å²) >= 11 is 0. The maximum atomic E-state index is 11.8. The van der Waals surface area contributed by atoms with Crippen molar-refractivity contribution in [3.63, 3.8) is 0 Å². The van der Waals surface area contributed by atoms with Crippen LogP contribution in [0.25, 0.3) is 0 Å². The van der Waals surface area contributed by atoms with Crippen LogP contribution in [-0.4, -0.2) is 27.4 Å². The number of sulfonamides is 1. The molecule has 0 aliphatic rings. The SMILES string of the molecule is CCNC(=O)CCNS(=O)(=O)c1ccc(C#N)cc1. The second-order valence-electron chi connectivity index (χ2n) is 3.74. The zero-order valence-corrected chi connectivity index (χ0v) is 11.3. The molecule has 6 nitrogen and oxygen atoms in total. The summed E-state index contributed by atoms with van der Waals surface area (Å²) in [7, 11) is -3.64. The summed E-state index contributed by atoms with van der Waals surface area (Å²) in [5, 5.41) is 11.2. The van der Waals surface area contributed by atoms with Crippen molar-refractivity contribution in [2.75, 3.05) is 13.1 Å². The van der Waals surface area contributed by atoms with Crippen LogP contribution in [-0.2, 0) is 14.8 Å². The Morgan fingerprint density at radius 2 is 1.95 bits per heavy atom. The van der Waals surface area contributed by atoms with E-state index in [0.717, 1.165) is 0 Å². The largest absolute Gasteiger partial charge is 0.356 e. The number of carbonyl (C=O) groups is 1. The van der Waals surface area contributed by atoms with Crippen molar-refractivity contribution in [1.82, 2.24) is 10.0 Å². The fraction of sp³-hybridized carbons (Fsp3) is 0.333. The van der Waals surface area contributed by atoms with Gasteiger partial charge in [-0.2, -0.15) is 5.26 Å². The summed E-state index contributed by atoms with van der Waals surface area (Å²) in [5.41, 5.74) is 0.390. The van der Waals surface area contributed by atoms with Gasteiger partial charge >= 0.3 is 0 Å². The van der Waals surface area contributed by atoms with Gasteiger partial charge in [0.15, 0.2) is 0 Å². The van der Waals surface area contributed by atoms with Crippen LogP contribution in [0.5, 0.6) is 0 Å². The van der Waals surface area contributed by atoms with E-state index in [2.05, 4.69) is 10.0 Å². The average molecular weight is 281 g/mol. The lowest BCUT2D eigenvalue weighted by Gasteiger charge is -2.06. The number of benzene rings is 1. The van der Waals surface area contributed by atoms with Gasteiger partial charge in [-0.05, 0) is 31.2 Å². The molecule has 2 N–H and O–H groups in total. The summed E-state index contributed by atoms with van der Waals surface area (Å²) < 4.78 is 26.0. The van der Waals surface area contributed by atoms with E-state index < -0.39 is 10.0 Å². The van der Waals surface area contributed by atoms with Gasteiger partial charge in [-0.3, -0.25) is 4.79 Å². The van der Waals surface area contributed by atoms with Gasteiger partial charge in [-0.25, -0.2) is 13.1 Å². The molecule has 0 aliphatic carbocycles. The van der Waals surface area contributed by atoms with Gasteiger partial charge in [0.2, 0.25) is 15.9 Å². The van der Waals surface area contributed by atoms with Crippen molar-refractivity contribution in [1.29, 1.82) is 5.26 Å². The van der Waals surface area contributed by atoms with Crippen molar-refractivity contribution in [3.8, 4) is 6.07 Å². The van der Waals surface area contributed by atoms with E-state index >= 15 is 0 Å². The predicted octanol–water partition coefficient (Wildman–Crippen LogP) is 0.363. The molecule has 1 aromatic carbocycles. The molecule has 0 radical (unpaired) electrons. The number of carbonyl (C=O) groups excluding carboxylic acids is 1. The Balaban J connectivity index is 2.61. The van der Waals surface area contributed by atoms with E-state index in [1.807, 2.05) is 6.07 Å². The van der Waals surface area contributed by atoms with Crippen molar-refractivity contribution >= 4 is 15.9 Å². The van der Waals surface area contributed by atoms with Crippen LogP contribution < -0.4 is 10.0 Å². The molecule has 0 spiro atoms. The van der Waals surface area contributed by atoms with Gasteiger partial charge in [0.05, 0.1) is 16.5 Å². The lowest BCUT2D eigenvalue weighted by Crippen LogP contribution is -2.30. The molecule has 19 heavy (non-hydrogen) atoms. The van der Waals surface area contributed by atoms with Crippen LogP contribution in [0.1, 0.15) is 18.9 Å². The molecule has 0 bridgehead atoms. The monoisotopic (exact) mass is 281 g/mol. The zero-order chi connectivity index (χ0) is 14.3. The van der Waals surface area contributed by atoms with Gasteiger partial charge < -0.3 is 5.32 Å². The van der Waals surface area contributed by atoms with Crippen LogP contribution in [0.3, 0.4) is 0 Å². The number of nitrogens with one attached hydrogen (secondary N) is 2. The Morgan fingerprint density at radius 1 is 1.32 bits per heavy atom. The minimum Gasteiger partial charge on any atom is -0.356 e. The first kappa shape index (κ1) is 15.1. The van der Waals surface area contributed by atoms with E-state index in [9.17, 15) is 13.2 Å². The molecule has 0 aromatic heterocycles. The van der Waals surface area contributed by atoms with Crippen LogP contribution in [0.4, 0.5) is 0 Å². The van der Waals surface area contributed by atoms with Gasteiger partial charge in [0.1, 0.15) is 0 Å². The first-order chi connectivity index (χ1) is 8.99. The van der Waals surface area contributed by atoms with E-state index in [4.69, 9.17) is 5.26 Å². The highest BCUT2D eigenvalue weighted by atomic mass is 32.2. The summed E-state index contributed by atoms with van der Waals surface area (Å²) in [4.78, 5) is 11.2. The minimum atomic E-state index is -3.64. The smallest absolute Gasteiger partial charge is 0.240 e. The zero-order valence-electron chi connectivity index (χ0n) is 10.5. The second-order valence-corrected chi connectivity index (χ2v) is 5.50. The van der Waals surface area contributed by atoms with Gasteiger partial charge in [0, 0.05) is 19.5 Å². The maximum Gasteiger partial charge on any atom is 0.240 e. The highest BCUT2D eigenvalue weighted by Gasteiger charge is 2.13. The van der Waals surface area contributed by atoms with Crippen LogP contribution in [0.15, 0.2) is 29.2 Å². The molecular formula is C12H15N3O3S. The third-order valence-electron chi connectivity index (χ3n) is 2.31. The van der Waals surface area contributed by atoms with E-state index in [0.29, 0.717) is 12.1 Å². The second kappa shape index (κ2) is 6.87. The van der Waals surface area contributed by atoms with Crippen molar-refractivity contribution in [2.45, 2.75) is 18.2 Å². The number of rotatable bonds is 6. The Hall–Kier alpha value is -1.91. The van der Waals surface area contributed by atoms with Crippen LogP contribution >= 0.6 is 0 Å². The topological polar surface area (TPSA) is 99.1 Å².